The van der Waals surface area contributed by atoms with Crippen molar-refractivity contribution in [1.82, 2.24) is 9.29 Å². The summed E-state index contributed by atoms with van der Waals surface area (Å²) in [5, 5.41) is 8.98. The molecule has 0 unspecified atom stereocenters. The zero-order valence-corrected chi connectivity index (χ0v) is 11.5. The van der Waals surface area contributed by atoms with Crippen LogP contribution in [0.5, 0.6) is 0 Å². The highest BCUT2D eigenvalue weighted by molar-refractivity contribution is 7.88. The number of hydrogen-bond donors (Lipinski definition) is 2. The van der Waals surface area contributed by atoms with Crippen LogP contribution in [-0.2, 0) is 16.6 Å². The van der Waals surface area contributed by atoms with Gasteiger partial charge in [0.2, 0.25) is 10.0 Å². The van der Waals surface area contributed by atoms with Gasteiger partial charge in [0.1, 0.15) is 0 Å². The molecule has 0 fully saturated rings. The quantitative estimate of drug-likeness (QED) is 0.749. The molecule has 0 saturated heterocycles. The van der Waals surface area contributed by atoms with E-state index in [9.17, 15) is 13.2 Å². The average molecular weight is 274 g/mol. The molecule has 1 rings (SSSR count). The first kappa shape index (κ1) is 14.7. The number of carboxylic acids is 1. The lowest BCUT2D eigenvalue weighted by Gasteiger charge is -2.09. The predicted octanol–water partition coefficient (Wildman–Crippen LogP) is 0.742. The van der Waals surface area contributed by atoms with Crippen LogP contribution in [0.2, 0.25) is 0 Å². The lowest BCUT2D eigenvalue weighted by Crippen LogP contribution is -2.24. The lowest BCUT2D eigenvalue weighted by atomic mass is 10.2. The molecule has 1 aromatic heterocycles. The molecule has 0 radical (unpaired) electrons. The van der Waals surface area contributed by atoms with Gasteiger partial charge in [-0.1, -0.05) is 0 Å². The highest BCUT2D eigenvalue weighted by atomic mass is 32.2. The number of sulfonamides is 1. The molecule has 0 amide bonds. The van der Waals surface area contributed by atoms with E-state index in [-0.39, 0.29) is 0 Å². The highest BCUT2D eigenvalue weighted by Crippen LogP contribution is 2.15. The van der Waals surface area contributed by atoms with Gasteiger partial charge in [-0.3, -0.25) is 0 Å². The average Bonchev–Trinajstić information content (AvgIpc) is 2.49. The van der Waals surface area contributed by atoms with Crippen molar-refractivity contribution >= 4 is 16.0 Å². The Balaban J connectivity index is 2.66. The van der Waals surface area contributed by atoms with Gasteiger partial charge in [0, 0.05) is 24.5 Å². The second-order valence-electron chi connectivity index (χ2n) is 4.26. The standard InChI is InChI=1S/C11H18N2O4S/c1-8-7-10(11(14)15)9(2)13(8)6-4-5-12-18(3,16)17/h7,12H,4-6H2,1-3H3,(H,14,15). The Bertz CT molecular complexity index is 546. The van der Waals surface area contributed by atoms with Crippen LogP contribution in [0.15, 0.2) is 6.07 Å². The summed E-state index contributed by atoms with van der Waals surface area (Å²) >= 11 is 0. The number of carbonyl (C=O) groups is 1. The fourth-order valence-electron chi connectivity index (χ4n) is 1.86. The summed E-state index contributed by atoms with van der Waals surface area (Å²) in [7, 11) is -3.16. The van der Waals surface area contributed by atoms with Crippen LogP contribution >= 0.6 is 0 Å². The summed E-state index contributed by atoms with van der Waals surface area (Å²) < 4.78 is 26.0. The smallest absolute Gasteiger partial charge is 0.337 e. The Labute approximate surface area is 107 Å². The third-order valence-electron chi connectivity index (χ3n) is 2.73. The molecule has 0 aliphatic rings. The molecule has 0 saturated carbocycles. The molecular weight excluding hydrogens is 256 g/mol. The van der Waals surface area contributed by atoms with Crippen molar-refractivity contribution in [1.29, 1.82) is 0 Å². The summed E-state index contributed by atoms with van der Waals surface area (Å²) in [6.45, 7) is 4.52. The fourth-order valence-corrected chi connectivity index (χ4v) is 2.37. The second kappa shape index (κ2) is 5.53. The lowest BCUT2D eigenvalue weighted by molar-refractivity contribution is 0.0696. The van der Waals surface area contributed by atoms with Crippen LogP contribution < -0.4 is 4.72 Å². The summed E-state index contributed by atoms with van der Waals surface area (Å²) in [5.74, 6) is -0.941. The summed E-state index contributed by atoms with van der Waals surface area (Å²) in [6, 6.07) is 1.63. The predicted molar refractivity (Wildman–Crippen MR) is 68.3 cm³/mol. The first-order valence-corrected chi connectivity index (χ1v) is 7.46. The number of nitrogens with one attached hydrogen (secondary N) is 1. The van der Waals surface area contributed by atoms with Gasteiger partial charge in [0.05, 0.1) is 11.8 Å². The number of carboxylic acid groups (broad SMARTS) is 1. The Hall–Kier alpha value is -1.34. The second-order valence-corrected chi connectivity index (χ2v) is 6.09. The van der Waals surface area contributed by atoms with Gasteiger partial charge >= 0.3 is 5.97 Å². The Morgan fingerprint density at radius 2 is 2.06 bits per heavy atom. The van der Waals surface area contributed by atoms with E-state index >= 15 is 0 Å². The monoisotopic (exact) mass is 274 g/mol. The van der Waals surface area contributed by atoms with Gasteiger partial charge in [-0.15, -0.1) is 0 Å². The fraction of sp³-hybridized carbons (Fsp3) is 0.545. The summed E-state index contributed by atoms with van der Waals surface area (Å²) in [5.41, 5.74) is 1.85. The molecular formula is C11H18N2O4S. The zero-order chi connectivity index (χ0) is 13.9. The number of aromatic carboxylic acids is 1. The van der Waals surface area contributed by atoms with E-state index in [1.807, 2.05) is 11.5 Å². The van der Waals surface area contributed by atoms with E-state index in [2.05, 4.69) is 4.72 Å². The summed E-state index contributed by atoms with van der Waals surface area (Å²) in [6.07, 6.45) is 1.73. The number of nitrogens with zero attached hydrogens (tertiary/aromatic N) is 1. The maximum absolute atomic E-state index is 10.9. The number of rotatable bonds is 6. The Morgan fingerprint density at radius 1 is 1.44 bits per heavy atom. The van der Waals surface area contributed by atoms with Crippen LogP contribution in [0.25, 0.3) is 0 Å². The van der Waals surface area contributed by atoms with Crippen molar-refractivity contribution in [3.8, 4) is 0 Å². The maximum Gasteiger partial charge on any atom is 0.337 e. The maximum atomic E-state index is 10.9. The van der Waals surface area contributed by atoms with E-state index in [4.69, 9.17) is 5.11 Å². The molecule has 18 heavy (non-hydrogen) atoms. The van der Waals surface area contributed by atoms with Crippen LogP contribution in [-0.4, -0.2) is 36.9 Å². The SMILES string of the molecule is Cc1cc(C(=O)O)c(C)n1CCCNS(C)(=O)=O. The number of aromatic nitrogens is 1. The highest BCUT2D eigenvalue weighted by Gasteiger charge is 2.14. The minimum Gasteiger partial charge on any atom is -0.478 e. The number of hydrogen-bond acceptors (Lipinski definition) is 3. The molecule has 0 bridgehead atoms. The molecule has 6 nitrogen and oxygen atoms in total. The molecule has 0 spiro atoms. The zero-order valence-electron chi connectivity index (χ0n) is 10.7. The van der Waals surface area contributed by atoms with Crippen LogP contribution in [0, 0.1) is 13.8 Å². The van der Waals surface area contributed by atoms with Crippen LogP contribution in [0.1, 0.15) is 28.2 Å². The number of aryl methyl sites for hydroxylation is 1. The Morgan fingerprint density at radius 3 is 2.50 bits per heavy atom. The molecule has 0 aromatic carbocycles. The molecule has 2 N–H and O–H groups in total. The third kappa shape index (κ3) is 3.85. The van der Waals surface area contributed by atoms with Crippen molar-refractivity contribution in [3.05, 3.63) is 23.0 Å². The van der Waals surface area contributed by atoms with Gasteiger partial charge in [-0.05, 0) is 26.3 Å². The summed E-state index contributed by atoms with van der Waals surface area (Å²) in [4.78, 5) is 10.9. The molecule has 0 aliphatic heterocycles. The van der Waals surface area contributed by atoms with Crippen molar-refractivity contribution < 1.29 is 18.3 Å². The van der Waals surface area contributed by atoms with E-state index in [0.717, 1.165) is 11.9 Å². The van der Waals surface area contributed by atoms with Crippen LogP contribution in [0.4, 0.5) is 0 Å². The molecule has 1 aromatic rings. The molecule has 0 aliphatic carbocycles. The van der Waals surface area contributed by atoms with E-state index in [0.29, 0.717) is 30.8 Å². The van der Waals surface area contributed by atoms with Gasteiger partial charge in [-0.25, -0.2) is 17.9 Å². The first-order chi connectivity index (χ1) is 8.22. The van der Waals surface area contributed by atoms with Gasteiger partial charge in [0.25, 0.3) is 0 Å². The van der Waals surface area contributed by atoms with E-state index in [1.165, 1.54) is 0 Å². The van der Waals surface area contributed by atoms with Gasteiger partial charge < -0.3 is 9.67 Å². The van der Waals surface area contributed by atoms with E-state index in [1.54, 1.807) is 13.0 Å². The van der Waals surface area contributed by atoms with Crippen molar-refractivity contribution in [2.45, 2.75) is 26.8 Å². The van der Waals surface area contributed by atoms with Gasteiger partial charge in [0.15, 0.2) is 0 Å². The molecule has 1 heterocycles. The van der Waals surface area contributed by atoms with Crippen molar-refractivity contribution in [3.63, 3.8) is 0 Å². The molecule has 0 atom stereocenters. The third-order valence-corrected chi connectivity index (χ3v) is 3.46. The largest absolute Gasteiger partial charge is 0.478 e. The van der Waals surface area contributed by atoms with E-state index < -0.39 is 16.0 Å². The Kier molecular flexibility index (Phi) is 4.53. The topological polar surface area (TPSA) is 88.4 Å². The first-order valence-electron chi connectivity index (χ1n) is 5.57. The van der Waals surface area contributed by atoms with Gasteiger partial charge in [-0.2, -0.15) is 0 Å². The molecule has 102 valence electrons. The normalized spacial score (nSPS) is 11.7. The van der Waals surface area contributed by atoms with Crippen molar-refractivity contribution in [2.75, 3.05) is 12.8 Å². The minimum absolute atomic E-state index is 0.295. The minimum atomic E-state index is -3.16. The van der Waals surface area contributed by atoms with Crippen molar-refractivity contribution in [2.24, 2.45) is 0 Å². The molecule has 7 heteroatoms. The van der Waals surface area contributed by atoms with Crippen LogP contribution in [0.3, 0.4) is 0 Å².